The minimum Gasteiger partial charge on any atom is -0.371 e. The average molecular weight is 215 g/mol. The molecule has 4 heteroatoms. The molecule has 0 fully saturated rings. The molecule has 4 nitrogen and oxygen atoms in total. The van der Waals surface area contributed by atoms with Crippen LogP contribution < -0.4 is 5.32 Å². The average Bonchev–Trinajstić information content (AvgIpc) is 2.60. The largest absolute Gasteiger partial charge is 0.371 e. The molecular weight excluding hydrogens is 202 g/mol. The summed E-state index contributed by atoms with van der Waals surface area (Å²) in [6, 6.07) is 3.91. The molecule has 1 N–H and O–H groups in total. The van der Waals surface area contributed by atoms with Gasteiger partial charge in [0.05, 0.1) is 0 Å². The first kappa shape index (κ1) is 9.54. The molecule has 0 aliphatic carbocycles. The Bertz CT molecular complexity index is 439. The molecule has 0 amide bonds. The van der Waals surface area contributed by atoms with Gasteiger partial charge in [0.2, 0.25) is 6.23 Å². The number of nitrogens with one attached hydrogen (secondary N) is 1. The lowest BCUT2D eigenvalue weighted by molar-refractivity contribution is 0.0808. The van der Waals surface area contributed by atoms with Crippen LogP contribution in [-0.2, 0) is 4.84 Å². The maximum absolute atomic E-state index is 5.39. The third kappa shape index (κ3) is 1.61. The number of aromatic nitrogens is 1. The van der Waals surface area contributed by atoms with Gasteiger partial charge in [-0.25, -0.2) is 0 Å². The zero-order chi connectivity index (χ0) is 10.8. The van der Waals surface area contributed by atoms with E-state index in [2.05, 4.69) is 21.5 Å². The van der Waals surface area contributed by atoms with Crippen LogP contribution in [-0.4, -0.2) is 23.5 Å². The molecule has 0 unspecified atom stereocenters. The maximum Gasteiger partial charge on any atom is 0.206 e. The van der Waals surface area contributed by atoms with Gasteiger partial charge in [-0.2, -0.15) is 0 Å². The summed E-state index contributed by atoms with van der Waals surface area (Å²) in [5.41, 5.74) is 3.15. The van der Waals surface area contributed by atoms with Crippen LogP contribution in [0, 0.1) is 0 Å². The molecular formula is C12H13N3O. The Balaban J connectivity index is 1.95. The molecule has 1 aromatic heterocycles. The summed E-state index contributed by atoms with van der Waals surface area (Å²) in [5, 5.41) is 7.47. The first-order valence-corrected chi connectivity index (χ1v) is 5.53. The van der Waals surface area contributed by atoms with Crippen molar-refractivity contribution in [1.29, 1.82) is 0 Å². The zero-order valence-electron chi connectivity index (χ0n) is 8.89. The Morgan fingerprint density at radius 2 is 2.19 bits per heavy atom. The molecule has 16 heavy (non-hydrogen) atoms. The lowest BCUT2D eigenvalue weighted by atomic mass is 10.0. The zero-order valence-corrected chi connectivity index (χ0v) is 8.89. The lowest BCUT2D eigenvalue weighted by Gasteiger charge is -2.09. The van der Waals surface area contributed by atoms with Crippen molar-refractivity contribution in [2.75, 3.05) is 6.54 Å². The minimum atomic E-state index is -0.0642. The van der Waals surface area contributed by atoms with Crippen LogP contribution in [0.4, 0.5) is 0 Å². The Kier molecular flexibility index (Phi) is 2.42. The first-order chi connectivity index (χ1) is 7.95. The van der Waals surface area contributed by atoms with Crippen molar-refractivity contribution in [3.63, 3.8) is 0 Å². The van der Waals surface area contributed by atoms with Gasteiger partial charge in [-0.1, -0.05) is 11.2 Å². The molecule has 2 aliphatic rings. The van der Waals surface area contributed by atoms with Crippen LogP contribution >= 0.6 is 0 Å². The van der Waals surface area contributed by atoms with Crippen molar-refractivity contribution in [3.05, 3.63) is 41.7 Å². The van der Waals surface area contributed by atoms with Gasteiger partial charge in [0.1, 0.15) is 5.71 Å². The molecule has 3 heterocycles. The Morgan fingerprint density at radius 3 is 3.06 bits per heavy atom. The molecule has 1 aromatic rings. The summed E-state index contributed by atoms with van der Waals surface area (Å²) >= 11 is 0. The summed E-state index contributed by atoms with van der Waals surface area (Å²) in [5.74, 6) is 0. The van der Waals surface area contributed by atoms with E-state index < -0.39 is 0 Å². The van der Waals surface area contributed by atoms with Crippen LogP contribution in [0.3, 0.4) is 0 Å². The van der Waals surface area contributed by atoms with Crippen LogP contribution in [0.25, 0.3) is 0 Å². The Labute approximate surface area is 94.0 Å². The highest BCUT2D eigenvalue weighted by Gasteiger charge is 2.28. The van der Waals surface area contributed by atoms with Gasteiger partial charge in [-0.15, -0.1) is 0 Å². The van der Waals surface area contributed by atoms with E-state index in [-0.39, 0.29) is 6.23 Å². The van der Waals surface area contributed by atoms with E-state index in [4.69, 9.17) is 4.84 Å². The second kappa shape index (κ2) is 4.06. The number of hydrogen-bond acceptors (Lipinski definition) is 4. The van der Waals surface area contributed by atoms with Gasteiger partial charge in [0.15, 0.2) is 0 Å². The number of nitrogens with zero attached hydrogens (tertiary/aromatic N) is 2. The Morgan fingerprint density at radius 1 is 1.31 bits per heavy atom. The van der Waals surface area contributed by atoms with E-state index >= 15 is 0 Å². The molecule has 0 saturated heterocycles. The monoisotopic (exact) mass is 215 g/mol. The highest BCUT2D eigenvalue weighted by atomic mass is 16.7. The smallest absolute Gasteiger partial charge is 0.206 e. The number of hydrogen-bond donors (Lipinski definition) is 1. The van der Waals surface area contributed by atoms with Gasteiger partial charge in [-0.3, -0.25) is 10.3 Å². The lowest BCUT2D eigenvalue weighted by Crippen LogP contribution is -2.30. The molecule has 1 atom stereocenters. The van der Waals surface area contributed by atoms with Crippen LogP contribution in [0.15, 0.2) is 41.3 Å². The molecule has 3 rings (SSSR count). The van der Waals surface area contributed by atoms with E-state index in [0.717, 1.165) is 36.2 Å². The van der Waals surface area contributed by atoms with Crippen LogP contribution in [0.2, 0.25) is 0 Å². The van der Waals surface area contributed by atoms with Gasteiger partial charge in [0.25, 0.3) is 0 Å². The fourth-order valence-corrected chi connectivity index (χ4v) is 2.01. The minimum absolute atomic E-state index is 0.0642. The first-order valence-electron chi connectivity index (χ1n) is 5.53. The normalized spacial score (nSPS) is 23.9. The molecule has 0 bridgehead atoms. The van der Waals surface area contributed by atoms with E-state index in [9.17, 15) is 0 Å². The topological polar surface area (TPSA) is 46.5 Å². The van der Waals surface area contributed by atoms with Crippen molar-refractivity contribution < 1.29 is 4.84 Å². The summed E-state index contributed by atoms with van der Waals surface area (Å²) in [7, 11) is 0. The Hall–Kier alpha value is -1.68. The predicted molar refractivity (Wildman–Crippen MR) is 61.0 cm³/mol. The van der Waals surface area contributed by atoms with E-state index in [1.807, 2.05) is 12.1 Å². The molecule has 2 aliphatic heterocycles. The predicted octanol–water partition coefficient (Wildman–Crippen LogP) is 1.45. The van der Waals surface area contributed by atoms with Crippen molar-refractivity contribution >= 4 is 5.71 Å². The number of oxime groups is 1. The molecule has 82 valence electrons. The summed E-state index contributed by atoms with van der Waals surface area (Å²) in [6.07, 6.45) is 7.92. The maximum atomic E-state index is 5.39. The van der Waals surface area contributed by atoms with Crippen LogP contribution in [0.1, 0.15) is 18.4 Å². The van der Waals surface area contributed by atoms with Crippen molar-refractivity contribution in [2.45, 2.75) is 19.1 Å². The summed E-state index contributed by atoms with van der Waals surface area (Å²) < 4.78 is 0. The van der Waals surface area contributed by atoms with Crippen molar-refractivity contribution in [2.24, 2.45) is 5.16 Å². The SMILES string of the molecule is C1=C2C(c3ccncc3)=NO[C@@H]2NCCC1. The molecule has 0 spiro atoms. The number of fused-ring (bicyclic) bond motifs is 1. The third-order valence-electron chi connectivity index (χ3n) is 2.83. The van der Waals surface area contributed by atoms with E-state index in [1.165, 1.54) is 0 Å². The van der Waals surface area contributed by atoms with Gasteiger partial charge < -0.3 is 4.84 Å². The van der Waals surface area contributed by atoms with Gasteiger partial charge in [0, 0.05) is 23.5 Å². The van der Waals surface area contributed by atoms with E-state index in [1.54, 1.807) is 12.4 Å². The number of pyridine rings is 1. The second-order valence-electron chi connectivity index (χ2n) is 3.92. The van der Waals surface area contributed by atoms with Gasteiger partial charge in [-0.05, 0) is 31.5 Å². The molecule has 0 aromatic carbocycles. The fraction of sp³-hybridized carbons (Fsp3) is 0.333. The van der Waals surface area contributed by atoms with E-state index in [0.29, 0.717) is 0 Å². The number of allylic oxidation sites excluding steroid dienone is 1. The fourth-order valence-electron chi connectivity index (χ4n) is 2.01. The third-order valence-corrected chi connectivity index (χ3v) is 2.83. The molecule has 0 radical (unpaired) electrons. The standard InChI is InChI=1S/C12H13N3O/c1-2-6-14-12-10(3-1)11(15-16-12)9-4-7-13-8-5-9/h3-5,7-8,12,14H,1-2,6H2/t12-/m0/s1. The van der Waals surface area contributed by atoms with Crippen LogP contribution in [0.5, 0.6) is 0 Å². The quantitative estimate of drug-likeness (QED) is 0.771. The molecule has 0 saturated carbocycles. The second-order valence-corrected chi connectivity index (χ2v) is 3.92. The summed E-state index contributed by atoms with van der Waals surface area (Å²) in [4.78, 5) is 9.40. The van der Waals surface area contributed by atoms with Crippen molar-refractivity contribution in [3.8, 4) is 0 Å². The van der Waals surface area contributed by atoms with Gasteiger partial charge >= 0.3 is 0 Å². The highest BCUT2D eigenvalue weighted by Crippen LogP contribution is 2.23. The highest BCUT2D eigenvalue weighted by molar-refractivity contribution is 6.13. The summed E-state index contributed by atoms with van der Waals surface area (Å²) in [6.45, 7) is 0.976. The number of rotatable bonds is 1. The van der Waals surface area contributed by atoms with Crippen molar-refractivity contribution in [1.82, 2.24) is 10.3 Å².